The SMILES string of the molecule is Nc1ccc2scc(COc3ccccc3)c2c1. The van der Waals surface area contributed by atoms with E-state index in [-0.39, 0.29) is 0 Å². The van der Waals surface area contributed by atoms with Gasteiger partial charge < -0.3 is 10.5 Å². The number of hydrogen-bond acceptors (Lipinski definition) is 3. The monoisotopic (exact) mass is 255 g/mol. The molecule has 3 heteroatoms. The fraction of sp³-hybridized carbons (Fsp3) is 0.0667. The Morgan fingerprint density at radius 2 is 1.89 bits per heavy atom. The lowest BCUT2D eigenvalue weighted by atomic mass is 10.2. The maximum absolute atomic E-state index is 5.82. The highest BCUT2D eigenvalue weighted by molar-refractivity contribution is 7.17. The van der Waals surface area contributed by atoms with Crippen molar-refractivity contribution in [1.29, 1.82) is 0 Å². The van der Waals surface area contributed by atoms with E-state index in [1.807, 2.05) is 42.5 Å². The zero-order chi connectivity index (χ0) is 12.4. The molecule has 18 heavy (non-hydrogen) atoms. The van der Waals surface area contributed by atoms with Crippen LogP contribution in [0.15, 0.2) is 53.9 Å². The molecule has 0 bridgehead atoms. The van der Waals surface area contributed by atoms with Crippen molar-refractivity contribution in [2.75, 3.05) is 5.73 Å². The summed E-state index contributed by atoms with van der Waals surface area (Å²) in [6, 6.07) is 15.8. The Morgan fingerprint density at radius 3 is 2.72 bits per heavy atom. The van der Waals surface area contributed by atoms with Crippen LogP contribution in [-0.4, -0.2) is 0 Å². The van der Waals surface area contributed by atoms with Crippen molar-refractivity contribution in [3.8, 4) is 5.75 Å². The zero-order valence-electron chi connectivity index (χ0n) is 9.80. The highest BCUT2D eigenvalue weighted by Crippen LogP contribution is 2.28. The number of ether oxygens (including phenoxy) is 1. The van der Waals surface area contributed by atoms with Crippen LogP contribution in [0.5, 0.6) is 5.75 Å². The van der Waals surface area contributed by atoms with Crippen LogP contribution in [0.3, 0.4) is 0 Å². The quantitative estimate of drug-likeness (QED) is 0.716. The highest BCUT2D eigenvalue weighted by atomic mass is 32.1. The van der Waals surface area contributed by atoms with Crippen LogP contribution in [0, 0.1) is 0 Å². The standard InChI is InChI=1S/C15H13NOS/c16-12-6-7-15-14(8-12)11(10-18-15)9-17-13-4-2-1-3-5-13/h1-8,10H,9,16H2. The van der Waals surface area contributed by atoms with Gasteiger partial charge in [-0.1, -0.05) is 18.2 Å². The van der Waals surface area contributed by atoms with Crippen LogP contribution in [0.2, 0.25) is 0 Å². The predicted octanol–water partition coefficient (Wildman–Crippen LogP) is 4.06. The number of thiophene rings is 1. The molecule has 0 radical (unpaired) electrons. The van der Waals surface area contributed by atoms with E-state index in [1.54, 1.807) is 11.3 Å². The maximum atomic E-state index is 5.82. The minimum absolute atomic E-state index is 0.577. The van der Waals surface area contributed by atoms with E-state index in [4.69, 9.17) is 10.5 Å². The second kappa shape index (κ2) is 4.70. The molecule has 0 atom stereocenters. The lowest BCUT2D eigenvalue weighted by Crippen LogP contribution is -1.94. The van der Waals surface area contributed by atoms with Crippen molar-refractivity contribution in [2.24, 2.45) is 0 Å². The molecule has 0 saturated heterocycles. The molecule has 90 valence electrons. The Bertz CT molecular complexity index is 661. The summed E-state index contributed by atoms with van der Waals surface area (Å²) in [6.07, 6.45) is 0. The van der Waals surface area contributed by atoms with E-state index in [1.165, 1.54) is 15.6 Å². The first-order valence-electron chi connectivity index (χ1n) is 5.76. The summed E-state index contributed by atoms with van der Waals surface area (Å²) < 4.78 is 7.01. The van der Waals surface area contributed by atoms with E-state index >= 15 is 0 Å². The minimum Gasteiger partial charge on any atom is -0.489 e. The summed E-state index contributed by atoms with van der Waals surface area (Å²) in [6.45, 7) is 0.577. The molecule has 0 aliphatic rings. The lowest BCUT2D eigenvalue weighted by Gasteiger charge is -2.05. The van der Waals surface area contributed by atoms with Crippen LogP contribution in [0.25, 0.3) is 10.1 Å². The topological polar surface area (TPSA) is 35.2 Å². The summed E-state index contributed by atoms with van der Waals surface area (Å²) in [7, 11) is 0. The van der Waals surface area contributed by atoms with Gasteiger partial charge in [0.05, 0.1) is 0 Å². The number of fused-ring (bicyclic) bond motifs is 1. The maximum Gasteiger partial charge on any atom is 0.119 e. The first-order chi connectivity index (χ1) is 8.83. The molecule has 0 amide bonds. The van der Waals surface area contributed by atoms with Gasteiger partial charge >= 0.3 is 0 Å². The summed E-state index contributed by atoms with van der Waals surface area (Å²) in [5.74, 6) is 0.890. The summed E-state index contributed by atoms with van der Waals surface area (Å²) >= 11 is 1.72. The van der Waals surface area contributed by atoms with Crippen LogP contribution in [-0.2, 0) is 6.61 Å². The third-order valence-corrected chi connectivity index (χ3v) is 3.83. The number of para-hydroxylation sites is 1. The van der Waals surface area contributed by atoms with Gasteiger partial charge in [0.1, 0.15) is 12.4 Å². The van der Waals surface area contributed by atoms with Crippen LogP contribution >= 0.6 is 11.3 Å². The molecule has 3 aromatic rings. The number of benzene rings is 2. The lowest BCUT2D eigenvalue weighted by molar-refractivity contribution is 0.308. The third-order valence-electron chi connectivity index (χ3n) is 2.82. The molecule has 3 rings (SSSR count). The summed E-state index contributed by atoms with van der Waals surface area (Å²) in [5.41, 5.74) is 7.80. The summed E-state index contributed by atoms with van der Waals surface area (Å²) in [4.78, 5) is 0. The van der Waals surface area contributed by atoms with E-state index < -0.39 is 0 Å². The number of nitrogens with two attached hydrogens (primary N) is 1. The fourth-order valence-corrected chi connectivity index (χ4v) is 2.82. The largest absolute Gasteiger partial charge is 0.489 e. The van der Waals surface area contributed by atoms with Crippen molar-refractivity contribution in [3.63, 3.8) is 0 Å². The first-order valence-corrected chi connectivity index (χ1v) is 6.64. The second-order valence-electron chi connectivity index (χ2n) is 4.12. The molecule has 0 aliphatic heterocycles. The van der Waals surface area contributed by atoms with Gasteiger partial charge in [0, 0.05) is 21.3 Å². The molecule has 2 aromatic carbocycles. The van der Waals surface area contributed by atoms with Crippen molar-refractivity contribution in [3.05, 3.63) is 59.5 Å². The second-order valence-corrected chi connectivity index (χ2v) is 5.03. The van der Waals surface area contributed by atoms with Gasteiger partial charge in [0.15, 0.2) is 0 Å². The predicted molar refractivity (Wildman–Crippen MR) is 77.0 cm³/mol. The normalized spacial score (nSPS) is 10.7. The van der Waals surface area contributed by atoms with Gasteiger partial charge in [-0.05, 0) is 35.7 Å². The van der Waals surface area contributed by atoms with Gasteiger partial charge in [0.25, 0.3) is 0 Å². The summed E-state index contributed by atoms with van der Waals surface area (Å²) in [5, 5.41) is 3.32. The van der Waals surface area contributed by atoms with E-state index in [0.29, 0.717) is 6.61 Å². The molecule has 0 saturated carbocycles. The fourth-order valence-electron chi connectivity index (χ4n) is 1.89. The molecular formula is C15H13NOS. The smallest absolute Gasteiger partial charge is 0.119 e. The molecule has 2 nitrogen and oxygen atoms in total. The van der Waals surface area contributed by atoms with E-state index in [2.05, 4.69) is 11.4 Å². The molecule has 0 aliphatic carbocycles. The molecule has 1 heterocycles. The molecule has 0 spiro atoms. The number of nitrogen functional groups attached to an aromatic ring is 1. The van der Waals surface area contributed by atoms with Crippen molar-refractivity contribution < 1.29 is 4.74 Å². The Labute approximate surface area is 110 Å². The molecule has 2 N–H and O–H groups in total. The van der Waals surface area contributed by atoms with Crippen molar-refractivity contribution in [1.82, 2.24) is 0 Å². The minimum atomic E-state index is 0.577. The molecule has 0 fully saturated rings. The molecule has 0 unspecified atom stereocenters. The Kier molecular flexibility index (Phi) is 2.90. The van der Waals surface area contributed by atoms with Crippen molar-refractivity contribution in [2.45, 2.75) is 6.61 Å². The van der Waals surface area contributed by atoms with Crippen LogP contribution in [0.1, 0.15) is 5.56 Å². The van der Waals surface area contributed by atoms with Crippen molar-refractivity contribution >= 4 is 27.1 Å². The van der Waals surface area contributed by atoms with E-state index in [9.17, 15) is 0 Å². The van der Waals surface area contributed by atoms with Crippen LogP contribution < -0.4 is 10.5 Å². The number of rotatable bonds is 3. The van der Waals surface area contributed by atoms with Gasteiger partial charge in [-0.2, -0.15) is 0 Å². The Balaban J connectivity index is 1.85. The molecule has 1 aromatic heterocycles. The molecular weight excluding hydrogens is 242 g/mol. The van der Waals surface area contributed by atoms with Gasteiger partial charge in [0.2, 0.25) is 0 Å². The average molecular weight is 255 g/mol. The van der Waals surface area contributed by atoms with Gasteiger partial charge in [-0.15, -0.1) is 11.3 Å². The highest BCUT2D eigenvalue weighted by Gasteiger charge is 2.05. The number of anilines is 1. The average Bonchev–Trinajstić information content (AvgIpc) is 2.80. The van der Waals surface area contributed by atoms with E-state index in [0.717, 1.165) is 11.4 Å². The first kappa shape index (κ1) is 11.1. The number of hydrogen-bond donors (Lipinski definition) is 1. The Morgan fingerprint density at radius 1 is 1.06 bits per heavy atom. The van der Waals surface area contributed by atoms with Gasteiger partial charge in [-0.3, -0.25) is 0 Å². The third kappa shape index (κ3) is 2.17. The Hall–Kier alpha value is -2.00. The van der Waals surface area contributed by atoms with Crippen LogP contribution in [0.4, 0.5) is 5.69 Å². The van der Waals surface area contributed by atoms with Gasteiger partial charge in [-0.25, -0.2) is 0 Å². The zero-order valence-corrected chi connectivity index (χ0v) is 10.6.